The van der Waals surface area contributed by atoms with E-state index in [0.29, 0.717) is 12.5 Å². The summed E-state index contributed by atoms with van der Waals surface area (Å²) in [7, 11) is -3.23. The molecule has 0 aromatic rings. The smallest absolute Gasteiger partial charge is 0.264 e. The zero-order valence-electron chi connectivity index (χ0n) is 7.90. The van der Waals surface area contributed by atoms with E-state index in [1.807, 2.05) is 0 Å². The van der Waals surface area contributed by atoms with Crippen molar-refractivity contribution in [3.05, 3.63) is 0 Å². The van der Waals surface area contributed by atoms with E-state index in [-0.39, 0.29) is 0 Å². The summed E-state index contributed by atoms with van der Waals surface area (Å²) in [4.78, 5) is 0. The van der Waals surface area contributed by atoms with Crippen LogP contribution in [0.15, 0.2) is 0 Å². The van der Waals surface area contributed by atoms with Gasteiger partial charge >= 0.3 is 0 Å². The lowest BCUT2D eigenvalue weighted by Gasteiger charge is -2.20. The van der Waals surface area contributed by atoms with Gasteiger partial charge in [0, 0.05) is 0 Å². The van der Waals surface area contributed by atoms with Gasteiger partial charge in [-0.05, 0) is 37.0 Å². The van der Waals surface area contributed by atoms with Gasteiger partial charge in [-0.15, -0.1) is 0 Å². The molecule has 13 heavy (non-hydrogen) atoms. The van der Waals surface area contributed by atoms with E-state index >= 15 is 0 Å². The molecule has 76 valence electrons. The molecule has 2 saturated carbocycles. The Morgan fingerprint density at radius 2 is 2.08 bits per heavy atom. The summed E-state index contributed by atoms with van der Waals surface area (Å²) in [5.41, 5.74) is 0. The van der Waals surface area contributed by atoms with E-state index in [9.17, 15) is 8.42 Å². The molecular weight excluding hydrogens is 188 g/mol. The Bertz CT molecular complexity index is 283. The van der Waals surface area contributed by atoms with Crippen molar-refractivity contribution in [1.29, 1.82) is 0 Å². The fourth-order valence-corrected chi connectivity index (χ4v) is 3.21. The molecule has 3 nitrogen and oxygen atoms in total. The minimum absolute atomic E-state index is 0.417. The van der Waals surface area contributed by atoms with Crippen molar-refractivity contribution in [3.8, 4) is 0 Å². The van der Waals surface area contributed by atoms with Crippen LogP contribution in [0.2, 0.25) is 0 Å². The first kappa shape index (κ1) is 9.46. The molecule has 2 rings (SSSR count). The summed E-state index contributed by atoms with van der Waals surface area (Å²) in [6, 6.07) is 0. The van der Waals surface area contributed by atoms with Gasteiger partial charge in [-0.25, -0.2) is 0 Å². The second-order valence-electron chi connectivity index (χ2n) is 4.42. The van der Waals surface area contributed by atoms with Crippen molar-refractivity contribution >= 4 is 10.1 Å². The normalized spacial score (nSPS) is 38.4. The highest BCUT2D eigenvalue weighted by Gasteiger charge is 2.39. The molecule has 2 fully saturated rings. The first-order valence-corrected chi connectivity index (χ1v) is 6.70. The van der Waals surface area contributed by atoms with Crippen LogP contribution in [0.4, 0.5) is 0 Å². The predicted molar refractivity (Wildman–Crippen MR) is 49.7 cm³/mol. The molecule has 3 atom stereocenters. The Morgan fingerprint density at radius 1 is 1.31 bits per heavy atom. The maximum absolute atomic E-state index is 10.8. The molecule has 0 heterocycles. The summed E-state index contributed by atoms with van der Waals surface area (Å²) in [5, 5.41) is 0. The lowest BCUT2D eigenvalue weighted by molar-refractivity contribution is 0.201. The minimum atomic E-state index is -3.23. The largest absolute Gasteiger partial charge is 0.270 e. The van der Waals surface area contributed by atoms with Gasteiger partial charge in [-0.3, -0.25) is 4.18 Å². The third-order valence-electron chi connectivity index (χ3n) is 3.38. The van der Waals surface area contributed by atoms with E-state index in [4.69, 9.17) is 4.18 Å². The van der Waals surface area contributed by atoms with Crippen molar-refractivity contribution in [2.75, 3.05) is 12.9 Å². The average Bonchev–Trinajstić information content (AvgIpc) is 2.58. The van der Waals surface area contributed by atoms with Crippen LogP contribution in [0.5, 0.6) is 0 Å². The van der Waals surface area contributed by atoms with Gasteiger partial charge in [-0.1, -0.05) is 6.42 Å². The zero-order chi connectivity index (χ0) is 9.47. The summed E-state index contributed by atoms with van der Waals surface area (Å²) in [5.74, 6) is 2.11. The molecule has 0 amide bonds. The van der Waals surface area contributed by atoms with Crippen molar-refractivity contribution in [3.63, 3.8) is 0 Å². The van der Waals surface area contributed by atoms with Gasteiger partial charge in [0.2, 0.25) is 0 Å². The van der Waals surface area contributed by atoms with Crippen molar-refractivity contribution in [2.45, 2.75) is 25.7 Å². The van der Waals surface area contributed by atoms with Crippen LogP contribution in [0, 0.1) is 17.8 Å². The maximum atomic E-state index is 10.8. The molecular formula is C9H16O3S. The Morgan fingerprint density at radius 3 is 2.54 bits per heavy atom. The van der Waals surface area contributed by atoms with Crippen LogP contribution >= 0.6 is 0 Å². The monoisotopic (exact) mass is 204 g/mol. The number of hydrogen-bond donors (Lipinski definition) is 0. The van der Waals surface area contributed by atoms with E-state index < -0.39 is 10.1 Å². The van der Waals surface area contributed by atoms with Gasteiger partial charge in [0.1, 0.15) is 0 Å². The van der Waals surface area contributed by atoms with Gasteiger partial charge < -0.3 is 0 Å². The van der Waals surface area contributed by atoms with Crippen LogP contribution in [0.3, 0.4) is 0 Å². The standard InChI is InChI=1S/C9H16O3S/c1-13(10,11)12-6-9-5-7-2-3-8(9)4-7/h7-9H,2-6H2,1H3. The Labute approximate surface area is 79.6 Å². The van der Waals surface area contributed by atoms with E-state index in [1.165, 1.54) is 25.7 Å². The van der Waals surface area contributed by atoms with E-state index in [2.05, 4.69) is 0 Å². The fraction of sp³-hybridized carbons (Fsp3) is 1.00. The molecule has 2 bridgehead atoms. The lowest BCUT2D eigenvalue weighted by Crippen LogP contribution is -2.18. The molecule has 0 N–H and O–H groups in total. The average molecular weight is 204 g/mol. The van der Waals surface area contributed by atoms with Crippen LogP contribution in [-0.4, -0.2) is 21.3 Å². The first-order valence-electron chi connectivity index (χ1n) is 4.89. The molecule has 3 unspecified atom stereocenters. The molecule has 4 heteroatoms. The molecule has 0 aromatic heterocycles. The third kappa shape index (κ3) is 2.23. The predicted octanol–water partition coefficient (Wildman–Crippen LogP) is 1.40. The van der Waals surface area contributed by atoms with E-state index in [0.717, 1.165) is 18.1 Å². The summed E-state index contributed by atoms with van der Waals surface area (Å²) in [6.45, 7) is 0.417. The topological polar surface area (TPSA) is 43.4 Å². The molecule has 0 aliphatic heterocycles. The Balaban J connectivity index is 1.84. The van der Waals surface area contributed by atoms with Crippen LogP contribution < -0.4 is 0 Å². The maximum Gasteiger partial charge on any atom is 0.264 e. The first-order chi connectivity index (χ1) is 6.04. The summed E-state index contributed by atoms with van der Waals surface area (Å²) in [6.07, 6.45) is 6.24. The third-order valence-corrected chi connectivity index (χ3v) is 3.94. The molecule has 2 aliphatic rings. The minimum Gasteiger partial charge on any atom is -0.270 e. The van der Waals surface area contributed by atoms with Crippen LogP contribution in [-0.2, 0) is 14.3 Å². The molecule has 0 spiro atoms. The van der Waals surface area contributed by atoms with Crippen molar-refractivity contribution < 1.29 is 12.6 Å². The molecule has 2 aliphatic carbocycles. The highest BCUT2D eigenvalue weighted by molar-refractivity contribution is 7.85. The highest BCUT2D eigenvalue weighted by Crippen LogP contribution is 2.48. The SMILES string of the molecule is CS(=O)(=O)OCC1CC2CCC1C2. The number of rotatable bonds is 3. The number of fused-ring (bicyclic) bond motifs is 2. The zero-order valence-corrected chi connectivity index (χ0v) is 8.72. The van der Waals surface area contributed by atoms with Crippen LogP contribution in [0.1, 0.15) is 25.7 Å². The van der Waals surface area contributed by atoms with Crippen molar-refractivity contribution in [1.82, 2.24) is 0 Å². The van der Waals surface area contributed by atoms with Gasteiger partial charge in [0.15, 0.2) is 0 Å². The molecule has 0 aromatic carbocycles. The van der Waals surface area contributed by atoms with Crippen LogP contribution in [0.25, 0.3) is 0 Å². The Kier molecular flexibility index (Phi) is 2.36. The van der Waals surface area contributed by atoms with Gasteiger partial charge in [-0.2, -0.15) is 8.42 Å². The number of hydrogen-bond acceptors (Lipinski definition) is 3. The second-order valence-corrected chi connectivity index (χ2v) is 6.07. The second kappa shape index (κ2) is 3.24. The highest BCUT2D eigenvalue weighted by atomic mass is 32.2. The summed E-state index contributed by atoms with van der Waals surface area (Å²) < 4.78 is 26.4. The molecule has 0 radical (unpaired) electrons. The fourth-order valence-electron chi connectivity index (χ4n) is 2.79. The van der Waals surface area contributed by atoms with Gasteiger partial charge in [0.05, 0.1) is 12.9 Å². The molecule has 0 saturated heterocycles. The van der Waals surface area contributed by atoms with Crippen molar-refractivity contribution in [2.24, 2.45) is 17.8 Å². The quantitative estimate of drug-likeness (QED) is 0.653. The summed E-state index contributed by atoms with van der Waals surface area (Å²) >= 11 is 0. The van der Waals surface area contributed by atoms with E-state index in [1.54, 1.807) is 0 Å². The lowest BCUT2D eigenvalue weighted by atomic mass is 9.90. The Hall–Kier alpha value is -0.0900. The van der Waals surface area contributed by atoms with Gasteiger partial charge in [0.25, 0.3) is 10.1 Å².